The zero-order valence-corrected chi connectivity index (χ0v) is 15.8. The monoisotopic (exact) mass is 373 g/mol. The van der Waals surface area contributed by atoms with Gasteiger partial charge in [-0.05, 0) is 18.9 Å². The van der Waals surface area contributed by atoms with E-state index < -0.39 is 5.41 Å². The average molecular weight is 374 g/mol. The zero-order chi connectivity index (χ0) is 19.1. The first-order valence-corrected chi connectivity index (χ1v) is 8.76. The Kier molecular flexibility index (Phi) is 4.53. The first kappa shape index (κ1) is 18.4. The van der Waals surface area contributed by atoms with Crippen LogP contribution in [0.4, 0.5) is 0 Å². The molecule has 1 fully saturated rings. The van der Waals surface area contributed by atoms with Gasteiger partial charge in [-0.1, -0.05) is 31.5 Å². The smallest absolute Gasteiger partial charge is 0.272 e. The molecule has 1 aromatic rings. The second-order valence-electron chi connectivity index (χ2n) is 7.60. The van der Waals surface area contributed by atoms with Crippen molar-refractivity contribution in [2.24, 2.45) is 10.8 Å². The summed E-state index contributed by atoms with van der Waals surface area (Å²) in [6.45, 7) is 4.72. The molecule has 1 aliphatic carbocycles. The average Bonchev–Trinajstić information content (AvgIpc) is 3.00. The molecule has 0 N–H and O–H groups in total. The van der Waals surface area contributed by atoms with Gasteiger partial charge in [-0.15, -0.1) is 0 Å². The quantitative estimate of drug-likeness (QED) is 0.795. The third-order valence-corrected chi connectivity index (χ3v) is 5.45. The maximum Gasteiger partial charge on any atom is 0.272 e. The molecule has 1 saturated heterocycles. The number of hydrogen-bond donors (Lipinski definition) is 0. The van der Waals surface area contributed by atoms with Crippen molar-refractivity contribution >= 4 is 23.3 Å². The first-order chi connectivity index (χ1) is 12.2. The molecule has 6 nitrogen and oxygen atoms in total. The van der Waals surface area contributed by atoms with Crippen LogP contribution in [0.15, 0.2) is 23.9 Å². The van der Waals surface area contributed by atoms with Gasteiger partial charge in [-0.3, -0.25) is 9.59 Å². The largest absolute Gasteiger partial charge is 0.494 e. The maximum atomic E-state index is 12.8. The van der Waals surface area contributed by atoms with Gasteiger partial charge in [0.2, 0.25) is 0 Å². The van der Waals surface area contributed by atoms with Crippen LogP contribution in [0.2, 0.25) is 5.02 Å². The second kappa shape index (κ2) is 6.40. The van der Waals surface area contributed by atoms with E-state index in [2.05, 4.69) is 4.98 Å². The number of ether oxygens (including phenoxy) is 1. The van der Waals surface area contributed by atoms with Crippen LogP contribution in [0.5, 0.6) is 5.75 Å². The molecular weight excluding hydrogens is 354 g/mol. The van der Waals surface area contributed by atoms with Crippen LogP contribution >= 0.6 is 11.6 Å². The fraction of sp³-hybridized carbons (Fsp3) is 0.474. The summed E-state index contributed by atoms with van der Waals surface area (Å²) in [4.78, 5) is 31.0. The molecule has 1 aromatic heterocycles. The Balaban J connectivity index is 1.85. The fourth-order valence-corrected chi connectivity index (χ4v) is 4.24. The van der Waals surface area contributed by atoms with Crippen LogP contribution in [0.25, 0.3) is 0 Å². The third kappa shape index (κ3) is 3.08. The van der Waals surface area contributed by atoms with Crippen LogP contribution in [0.3, 0.4) is 0 Å². The molecule has 26 heavy (non-hydrogen) atoms. The second-order valence-corrected chi connectivity index (χ2v) is 8.01. The number of halogens is 1. The summed E-state index contributed by atoms with van der Waals surface area (Å²) in [5.41, 5.74) is -0.515. The van der Waals surface area contributed by atoms with E-state index in [9.17, 15) is 14.9 Å². The number of amides is 1. The predicted molar refractivity (Wildman–Crippen MR) is 95.9 cm³/mol. The number of carbonyl (C=O) groups is 2. The van der Waals surface area contributed by atoms with Gasteiger partial charge in [-0.25, -0.2) is 4.98 Å². The lowest BCUT2D eigenvalue weighted by Gasteiger charge is -2.38. The van der Waals surface area contributed by atoms with Crippen molar-refractivity contribution in [1.29, 1.82) is 5.26 Å². The molecule has 0 radical (unpaired) electrons. The Labute approximate surface area is 157 Å². The highest BCUT2D eigenvalue weighted by Gasteiger charge is 2.49. The number of ketones is 1. The van der Waals surface area contributed by atoms with Crippen molar-refractivity contribution in [3.63, 3.8) is 0 Å². The van der Waals surface area contributed by atoms with Crippen molar-refractivity contribution in [2.45, 2.75) is 26.7 Å². The lowest BCUT2D eigenvalue weighted by atomic mass is 9.64. The lowest BCUT2D eigenvalue weighted by Crippen LogP contribution is -2.40. The molecular formula is C19H20ClN3O3. The molecule has 0 aromatic carbocycles. The minimum absolute atomic E-state index is 0.126. The molecule has 1 unspecified atom stereocenters. The van der Waals surface area contributed by atoms with Crippen molar-refractivity contribution < 1.29 is 14.3 Å². The minimum Gasteiger partial charge on any atom is -0.494 e. The first-order valence-electron chi connectivity index (χ1n) is 8.38. The van der Waals surface area contributed by atoms with Gasteiger partial charge >= 0.3 is 0 Å². The Morgan fingerprint density at radius 3 is 2.81 bits per heavy atom. The van der Waals surface area contributed by atoms with Crippen molar-refractivity contribution in [1.82, 2.24) is 9.88 Å². The normalized spacial score (nSPS) is 24.3. The topological polar surface area (TPSA) is 83.3 Å². The number of aromatic nitrogens is 1. The number of hydrogen-bond acceptors (Lipinski definition) is 5. The van der Waals surface area contributed by atoms with Crippen molar-refractivity contribution in [2.75, 3.05) is 20.2 Å². The van der Waals surface area contributed by atoms with E-state index in [1.165, 1.54) is 19.4 Å². The number of pyridine rings is 1. The Hall–Kier alpha value is -2.39. The van der Waals surface area contributed by atoms with Crippen LogP contribution in [0, 0.1) is 22.2 Å². The number of rotatable bonds is 2. The lowest BCUT2D eigenvalue weighted by molar-refractivity contribution is -0.125. The molecule has 1 amide bonds. The van der Waals surface area contributed by atoms with Gasteiger partial charge in [0.1, 0.15) is 11.8 Å². The van der Waals surface area contributed by atoms with Crippen LogP contribution in [0.1, 0.15) is 37.2 Å². The summed E-state index contributed by atoms with van der Waals surface area (Å²) in [5.74, 6) is 0.0716. The van der Waals surface area contributed by atoms with E-state index in [4.69, 9.17) is 16.3 Å². The number of carbonyl (C=O) groups excluding carboxylic acids is 2. The highest BCUT2D eigenvalue weighted by molar-refractivity contribution is 6.32. The number of Topliss-reactive ketones (excluding diaryl/α,β-unsaturated/α-hetero) is 1. The van der Waals surface area contributed by atoms with Gasteiger partial charge in [0.15, 0.2) is 11.5 Å². The molecule has 2 aliphatic rings. The molecule has 2 heterocycles. The molecule has 1 aliphatic heterocycles. The van der Waals surface area contributed by atoms with Crippen LogP contribution in [-0.2, 0) is 4.79 Å². The van der Waals surface area contributed by atoms with E-state index in [0.29, 0.717) is 36.7 Å². The molecule has 1 atom stereocenters. The van der Waals surface area contributed by atoms with Gasteiger partial charge in [0.25, 0.3) is 5.91 Å². The third-order valence-electron chi connectivity index (χ3n) is 5.16. The van der Waals surface area contributed by atoms with E-state index in [-0.39, 0.29) is 28.4 Å². The summed E-state index contributed by atoms with van der Waals surface area (Å²) >= 11 is 6.10. The molecule has 136 valence electrons. The molecule has 3 rings (SSSR count). The van der Waals surface area contributed by atoms with Crippen molar-refractivity contribution in [3.05, 3.63) is 34.6 Å². The number of nitriles is 1. The summed E-state index contributed by atoms with van der Waals surface area (Å²) in [7, 11) is 1.49. The zero-order valence-electron chi connectivity index (χ0n) is 15.0. The SMILES string of the molecule is COc1cnc(C(=O)N2CCC3(C=C(C#N)C(=O)C(C)(C)C3)C2)cc1Cl. The van der Waals surface area contributed by atoms with Gasteiger partial charge in [-0.2, -0.15) is 5.26 Å². The highest BCUT2D eigenvalue weighted by Crippen LogP contribution is 2.48. The Morgan fingerprint density at radius 2 is 2.19 bits per heavy atom. The Morgan fingerprint density at radius 1 is 1.46 bits per heavy atom. The molecule has 0 saturated carbocycles. The Bertz CT molecular complexity index is 856. The van der Waals surface area contributed by atoms with E-state index in [1.807, 2.05) is 19.9 Å². The molecule has 0 bridgehead atoms. The highest BCUT2D eigenvalue weighted by atomic mass is 35.5. The van der Waals surface area contributed by atoms with Gasteiger partial charge in [0, 0.05) is 23.9 Å². The fourth-order valence-electron chi connectivity index (χ4n) is 4.01. The minimum atomic E-state index is -0.611. The number of likely N-dealkylation sites (tertiary alicyclic amines) is 1. The van der Waals surface area contributed by atoms with Crippen molar-refractivity contribution in [3.8, 4) is 11.8 Å². The number of allylic oxidation sites excluding steroid dienone is 1. The van der Waals surface area contributed by atoms with Crippen LogP contribution < -0.4 is 4.74 Å². The summed E-state index contributed by atoms with van der Waals surface area (Å²) in [5, 5.41) is 9.64. The molecule has 7 heteroatoms. The van der Waals surface area contributed by atoms with E-state index in [0.717, 1.165) is 0 Å². The predicted octanol–water partition coefficient (Wildman–Crippen LogP) is 3.02. The molecule has 1 spiro atoms. The van der Waals surface area contributed by atoms with Gasteiger partial charge < -0.3 is 9.64 Å². The summed E-state index contributed by atoms with van der Waals surface area (Å²) in [6.07, 6.45) is 4.52. The summed E-state index contributed by atoms with van der Waals surface area (Å²) < 4.78 is 5.06. The number of methoxy groups -OCH3 is 1. The van der Waals surface area contributed by atoms with E-state index in [1.54, 1.807) is 11.0 Å². The standard InChI is InChI=1S/C19H20ClN3O3/c1-18(2)10-19(7-12(8-21)16(18)24)4-5-23(11-19)17(25)14-6-13(20)15(26-3)9-22-14/h6-7,9H,4-5,10-11H2,1-3H3. The summed E-state index contributed by atoms with van der Waals surface area (Å²) in [6, 6.07) is 3.52. The number of nitrogens with zero attached hydrogens (tertiary/aromatic N) is 3. The van der Waals surface area contributed by atoms with E-state index >= 15 is 0 Å². The van der Waals surface area contributed by atoms with Crippen LogP contribution in [-0.4, -0.2) is 41.8 Å². The van der Waals surface area contributed by atoms with Gasteiger partial charge in [0.05, 0.1) is 23.9 Å². The maximum absolute atomic E-state index is 12.8.